The summed E-state index contributed by atoms with van der Waals surface area (Å²) in [5.74, 6) is -2.90. The van der Waals surface area contributed by atoms with Crippen molar-refractivity contribution in [3.05, 3.63) is 65.7 Å². The van der Waals surface area contributed by atoms with Gasteiger partial charge < -0.3 is 10.4 Å². The molecule has 6 nitrogen and oxygen atoms in total. The summed E-state index contributed by atoms with van der Waals surface area (Å²) in [6, 6.07) is 9.11. The molecular weight excluding hydrogens is 399 g/mol. The number of sulfone groups is 1. The summed E-state index contributed by atoms with van der Waals surface area (Å²) in [7, 11) is -3.75. The van der Waals surface area contributed by atoms with Crippen LogP contribution < -0.4 is 5.32 Å². The Morgan fingerprint density at radius 3 is 2.07 bits per heavy atom. The summed E-state index contributed by atoms with van der Waals surface area (Å²) in [4.78, 5) is 23.5. The molecule has 0 spiro atoms. The summed E-state index contributed by atoms with van der Waals surface area (Å²) in [5.41, 5.74) is -1.13. The number of alkyl halides is 3. The van der Waals surface area contributed by atoms with Gasteiger partial charge in [-0.05, 0) is 42.8 Å². The normalized spacial score (nSPS) is 13.0. The van der Waals surface area contributed by atoms with E-state index < -0.39 is 51.7 Å². The van der Waals surface area contributed by atoms with Gasteiger partial charge in [-0.3, -0.25) is 4.79 Å². The van der Waals surface area contributed by atoms with E-state index in [4.69, 9.17) is 0 Å². The average molecular weight is 415 g/mol. The van der Waals surface area contributed by atoms with Crippen LogP contribution in [-0.2, 0) is 20.8 Å². The Kier molecular flexibility index (Phi) is 6.45. The van der Waals surface area contributed by atoms with Gasteiger partial charge >= 0.3 is 12.1 Å². The Labute approximate surface area is 158 Å². The zero-order chi connectivity index (χ0) is 20.9. The second-order valence-electron chi connectivity index (χ2n) is 5.86. The monoisotopic (exact) mass is 415 g/mol. The molecule has 0 unspecified atom stereocenters. The van der Waals surface area contributed by atoms with E-state index in [-0.39, 0.29) is 10.5 Å². The van der Waals surface area contributed by atoms with Crippen LogP contribution in [0.25, 0.3) is 0 Å². The van der Waals surface area contributed by atoms with Gasteiger partial charge in [0.1, 0.15) is 6.04 Å². The SMILES string of the molecule is O=C(N[C@@H](CCS(=O)(=O)c1ccccc1)C(=O)O)c1ccc(C(F)(F)F)cc1. The number of carbonyl (C=O) groups is 2. The largest absolute Gasteiger partial charge is 0.480 e. The van der Waals surface area contributed by atoms with Crippen molar-refractivity contribution in [1.82, 2.24) is 5.32 Å². The molecule has 2 rings (SSSR count). The Morgan fingerprint density at radius 2 is 1.57 bits per heavy atom. The highest BCUT2D eigenvalue weighted by atomic mass is 32.2. The van der Waals surface area contributed by atoms with E-state index in [0.717, 1.165) is 12.1 Å². The molecule has 1 atom stereocenters. The van der Waals surface area contributed by atoms with Gasteiger partial charge in [-0.25, -0.2) is 13.2 Å². The third-order valence-electron chi connectivity index (χ3n) is 3.86. The molecule has 10 heteroatoms. The van der Waals surface area contributed by atoms with Crippen molar-refractivity contribution in [3.8, 4) is 0 Å². The maximum absolute atomic E-state index is 12.6. The van der Waals surface area contributed by atoms with E-state index in [1.165, 1.54) is 24.3 Å². The van der Waals surface area contributed by atoms with Crippen LogP contribution >= 0.6 is 0 Å². The molecule has 2 aromatic rings. The number of aliphatic carboxylic acids is 1. The maximum atomic E-state index is 12.6. The molecule has 0 aliphatic rings. The van der Waals surface area contributed by atoms with Crippen LogP contribution in [0.3, 0.4) is 0 Å². The maximum Gasteiger partial charge on any atom is 0.416 e. The standard InChI is InChI=1S/C18H16F3NO5S/c19-18(20,21)13-8-6-12(7-9-13)16(23)22-15(17(24)25)10-11-28(26,27)14-4-2-1-3-5-14/h1-9,15H,10-11H2,(H,22,23)(H,24,25)/t15-/m0/s1. The third kappa shape index (κ3) is 5.56. The van der Waals surface area contributed by atoms with Crippen molar-refractivity contribution in [2.24, 2.45) is 0 Å². The highest BCUT2D eigenvalue weighted by Gasteiger charge is 2.30. The number of halogens is 3. The highest BCUT2D eigenvalue weighted by molar-refractivity contribution is 7.91. The van der Waals surface area contributed by atoms with Gasteiger partial charge in [-0.15, -0.1) is 0 Å². The van der Waals surface area contributed by atoms with Crippen molar-refractivity contribution in [2.45, 2.75) is 23.5 Å². The Bertz CT molecular complexity index is 941. The third-order valence-corrected chi connectivity index (χ3v) is 5.62. The molecule has 0 saturated carbocycles. The number of nitrogens with one attached hydrogen (secondary N) is 1. The van der Waals surface area contributed by atoms with Crippen molar-refractivity contribution >= 4 is 21.7 Å². The van der Waals surface area contributed by atoms with Crippen LogP contribution in [0.4, 0.5) is 13.2 Å². The first kappa shape index (κ1) is 21.4. The van der Waals surface area contributed by atoms with Crippen molar-refractivity contribution < 1.29 is 36.3 Å². The molecule has 0 aliphatic heterocycles. The summed E-state index contributed by atoms with van der Waals surface area (Å²) >= 11 is 0. The topological polar surface area (TPSA) is 101 Å². The fourth-order valence-corrected chi connectivity index (χ4v) is 3.68. The van der Waals surface area contributed by atoms with Crippen LogP contribution in [0.15, 0.2) is 59.5 Å². The van der Waals surface area contributed by atoms with Crippen LogP contribution in [0.1, 0.15) is 22.3 Å². The molecule has 0 aliphatic carbocycles. The van der Waals surface area contributed by atoms with Crippen molar-refractivity contribution in [3.63, 3.8) is 0 Å². The number of hydrogen-bond donors (Lipinski definition) is 2. The van der Waals surface area contributed by atoms with Crippen molar-refractivity contribution in [1.29, 1.82) is 0 Å². The number of amides is 1. The number of carboxylic acid groups (broad SMARTS) is 1. The lowest BCUT2D eigenvalue weighted by molar-refractivity contribution is -0.139. The number of benzene rings is 2. The van der Waals surface area contributed by atoms with E-state index >= 15 is 0 Å². The van der Waals surface area contributed by atoms with Gasteiger partial charge in [-0.1, -0.05) is 18.2 Å². The molecule has 2 aromatic carbocycles. The smallest absolute Gasteiger partial charge is 0.416 e. The lowest BCUT2D eigenvalue weighted by Crippen LogP contribution is -2.42. The minimum absolute atomic E-state index is 0.0215. The van der Waals surface area contributed by atoms with E-state index in [2.05, 4.69) is 5.32 Å². The Morgan fingerprint density at radius 1 is 1.00 bits per heavy atom. The number of carboxylic acids is 1. The highest BCUT2D eigenvalue weighted by Crippen LogP contribution is 2.29. The second kappa shape index (κ2) is 8.42. The quantitative estimate of drug-likeness (QED) is 0.724. The molecule has 0 fully saturated rings. The van der Waals surface area contributed by atoms with Crippen LogP contribution in [0.2, 0.25) is 0 Å². The van der Waals surface area contributed by atoms with Crippen molar-refractivity contribution in [2.75, 3.05) is 5.75 Å². The molecule has 2 N–H and O–H groups in total. The van der Waals surface area contributed by atoms with Crippen LogP contribution in [-0.4, -0.2) is 37.2 Å². The van der Waals surface area contributed by atoms with E-state index in [9.17, 15) is 36.3 Å². The Hall–Kier alpha value is -2.88. The predicted octanol–water partition coefficient (Wildman–Crippen LogP) is 2.75. The molecule has 150 valence electrons. The Balaban J connectivity index is 2.06. The fourth-order valence-electron chi connectivity index (χ4n) is 2.33. The fraction of sp³-hybridized carbons (Fsp3) is 0.222. The summed E-state index contributed by atoms with van der Waals surface area (Å²) < 4.78 is 62.1. The average Bonchev–Trinajstić information content (AvgIpc) is 2.64. The van der Waals surface area contributed by atoms with E-state index in [1.54, 1.807) is 6.07 Å². The number of rotatable bonds is 7. The van der Waals surface area contributed by atoms with E-state index in [1.807, 2.05) is 0 Å². The zero-order valence-electron chi connectivity index (χ0n) is 14.3. The molecule has 28 heavy (non-hydrogen) atoms. The molecule has 1 amide bonds. The first-order valence-corrected chi connectivity index (χ1v) is 9.64. The van der Waals surface area contributed by atoms with Gasteiger partial charge in [0.05, 0.1) is 16.2 Å². The lowest BCUT2D eigenvalue weighted by Gasteiger charge is -2.15. The summed E-state index contributed by atoms with van der Waals surface area (Å²) in [6.45, 7) is 0. The number of hydrogen-bond acceptors (Lipinski definition) is 4. The lowest BCUT2D eigenvalue weighted by atomic mass is 10.1. The number of carbonyl (C=O) groups excluding carboxylic acids is 1. The molecule has 0 saturated heterocycles. The minimum atomic E-state index is -4.57. The summed E-state index contributed by atoms with van der Waals surface area (Å²) in [6.07, 6.45) is -4.97. The van der Waals surface area contributed by atoms with Gasteiger partial charge in [-0.2, -0.15) is 13.2 Å². The van der Waals surface area contributed by atoms with Gasteiger partial charge in [0.25, 0.3) is 5.91 Å². The minimum Gasteiger partial charge on any atom is -0.480 e. The zero-order valence-corrected chi connectivity index (χ0v) is 15.1. The molecule has 0 aromatic heterocycles. The first-order chi connectivity index (χ1) is 13.0. The second-order valence-corrected chi connectivity index (χ2v) is 7.97. The van der Waals surface area contributed by atoms with Gasteiger partial charge in [0, 0.05) is 5.56 Å². The molecule has 0 bridgehead atoms. The molecule has 0 radical (unpaired) electrons. The van der Waals surface area contributed by atoms with Crippen LogP contribution in [0, 0.1) is 0 Å². The predicted molar refractivity (Wildman–Crippen MR) is 93.4 cm³/mol. The molecule has 0 heterocycles. The van der Waals surface area contributed by atoms with Gasteiger partial charge in [0.15, 0.2) is 9.84 Å². The van der Waals surface area contributed by atoms with E-state index in [0.29, 0.717) is 12.1 Å². The van der Waals surface area contributed by atoms with Crippen LogP contribution in [0.5, 0.6) is 0 Å². The molecular formula is C18H16F3NO5S. The van der Waals surface area contributed by atoms with Gasteiger partial charge in [0.2, 0.25) is 0 Å². The summed E-state index contributed by atoms with van der Waals surface area (Å²) in [5, 5.41) is 11.4. The first-order valence-electron chi connectivity index (χ1n) is 7.99.